The summed E-state index contributed by atoms with van der Waals surface area (Å²) >= 11 is 1.76. The lowest BCUT2D eigenvalue weighted by Gasteiger charge is -2.04. The first kappa shape index (κ1) is 17.7. The predicted octanol–water partition coefficient (Wildman–Crippen LogP) is 2.24. The minimum Gasteiger partial charge on any atom is -0.382 e. The molecule has 0 radical (unpaired) electrons. The van der Waals surface area contributed by atoms with Crippen LogP contribution in [0.25, 0.3) is 0 Å². The van der Waals surface area contributed by atoms with E-state index in [-0.39, 0.29) is 24.0 Å². The van der Waals surface area contributed by atoms with E-state index in [1.165, 1.54) is 4.88 Å². The molecule has 18 heavy (non-hydrogen) atoms. The molecule has 0 spiro atoms. The zero-order valence-corrected chi connectivity index (χ0v) is 13.9. The lowest BCUT2D eigenvalue weighted by Crippen LogP contribution is -2.33. The van der Waals surface area contributed by atoms with Gasteiger partial charge in [0.05, 0.1) is 0 Å². The maximum absolute atomic E-state index is 5.73. The van der Waals surface area contributed by atoms with Gasteiger partial charge in [-0.05, 0) is 31.2 Å². The van der Waals surface area contributed by atoms with E-state index in [9.17, 15) is 0 Å². The Kier molecular flexibility index (Phi) is 11.5. The van der Waals surface area contributed by atoms with Crippen LogP contribution in [0.2, 0.25) is 0 Å². The zero-order chi connectivity index (χ0) is 12.3. The second-order valence-electron chi connectivity index (χ2n) is 3.57. The molecule has 0 amide bonds. The number of halogens is 1. The van der Waals surface area contributed by atoms with Crippen molar-refractivity contribution in [2.75, 3.05) is 26.3 Å². The first-order chi connectivity index (χ1) is 8.33. The fourth-order valence-corrected chi connectivity index (χ4v) is 2.04. The Labute approximate surface area is 130 Å². The zero-order valence-electron chi connectivity index (χ0n) is 10.7. The lowest BCUT2D eigenvalue weighted by atomic mass is 10.3. The van der Waals surface area contributed by atoms with Gasteiger partial charge in [0, 0.05) is 31.2 Å². The van der Waals surface area contributed by atoms with E-state index >= 15 is 0 Å². The maximum Gasteiger partial charge on any atom is 0.188 e. The number of nitrogens with one attached hydrogen (secondary N) is 1. The van der Waals surface area contributed by atoms with Crippen molar-refractivity contribution >= 4 is 41.3 Å². The molecule has 4 nitrogen and oxygen atoms in total. The minimum atomic E-state index is 0. The summed E-state index contributed by atoms with van der Waals surface area (Å²) < 4.78 is 5.22. The summed E-state index contributed by atoms with van der Waals surface area (Å²) in [6.45, 7) is 5.06. The van der Waals surface area contributed by atoms with Gasteiger partial charge in [0.15, 0.2) is 5.96 Å². The van der Waals surface area contributed by atoms with Crippen LogP contribution < -0.4 is 11.1 Å². The van der Waals surface area contributed by atoms with Crippen LogP contribution in [0.3, 0.4) is 0 Å². The number of aliphatic imine (C=N–C) groups is 1. The summed E-state index contributed by atoms with van der Waals surface area (Å²) in [6.07, 6.45) is 1.91. The number of hydrogen-bond donors (Lipinski definition) is 2. The molecule has 1 aromatic heterocycles. The van der Waals surface area contributed by atoms with Gasteiger partial charge in [-0.1, -0.05) is 6.07 Å². The van der Waals surface area contributed by atoms with Gasteiger partial charge in [-0.2, -0.15) is 0 Å². The van der Waals surface area contributed by atoms with Crippen molar-refractivity contribution in [2.24, 2.45) is 10.7 Å². The highest BCUT2D eigenvalue weighted by molar-refractivity contribution is 14.0. The average molecular weight is 383 g/mol. The van der Waals surface area contributed by atoms with Crippen molar-refractivity contribution in [3.05, 3.63) is 22.4 Å². The molecule has 6 heteroatoms. The Hall–Kier alpha value is -0.340. The number of rotatable bonds is 8. The van der Waals surface area contributed by atoms with Crippen molar-refractivity contribution in [2.45, 2.75) is 19.8 Å². The average Bonchev–Trinajstić information content (AvgIpc) is 2.82. The maximum atomic E-state index is 5.73. The normalized spacial score (nSPS) is 11.1. The molecule has 1 heterocycles. The molecule has 0 aromatic carbocycles. The van der Waals surface area contributed by atoms with Crippen molar-refractivity contribution in [3.8, 4) is 0 Å². The number of guanidine groups is 1. The van der Waals surface area contributed by atoms with Crippen LogP contribution in [0.1, 0.15) is 18.2 Å². The minimum absolute atomic E-state index is 0. The van der Waals surface area contributed by atoms with Gasteiger partial charge in [-0.3, -0.25) is 4.99 Å². The highest BCUT2D eigenvalue weighted by Crippen LogP contribution is 2.07. The van der Waals surface area contributed by atoms with Crippen LogP contribution in [0.5, 0.6) is 0 Å². The van der Waals surface area contributed by atoms with Gasteiger partial charge in [0.25, 0.3) is 0 Å². The van der Waals surface area contributed by atoms with Gasteiger partial charge in [-0.15, -0.1) is 35.3 Å². The molecule has 0 atom stereocenters. The molecule has 1 aromatic rings. The summed E-state index contributed by atoms with van der Waals surface area (Å²) in [7, 11) is 0. The second-order valence-corrected chi connectivity index (χ2v) is 4.61. The second kappa shape index (κ2) is 11.7. The summed E-state index contributed by atoms with van der Waals surface area (Å²) in [5.41, 5.74) is 5.73. The summed E-state index contributed by atoms with van der Waals surface area (Å²) in [6, 6.07) is 4.19. The Morgan fingerprint density at radius 1 is 1.56 bits per heavy atom. The molecule has 104 valence electrons. The summed E-state index contributed by atoms with van der Waals surface area (Å²) in [5.74, 6) is 0.526. The Balaban J connectivity index is 0.00000289. The first-order valence-electron chi connectivity index (χ1n) is 5.97. The lowest BCUT2D eigenvalue weighted by molar-refractivity contribution is 0.146. The van der Waals surface area contributed by atoms with Crippen LogP contribution in [0, 0.1) is 0 Å². The molecule has 0 aliphatic carbocycles. The molecule has 0 fully saturated rings. The molecule has 1 rings (SSSR count). The van der Waals surface area contributed by atoms with Crippen molar-refractivity contribution in [1.29, 1.82) is 0 Å². The number of hydrogen-bond acceptors (Lipinski definition) is 3. The SMILES string of the molecule is CCOCCCN=C(N)NCCc1cccs1.I. The topological polar surface area (TPSA) is 59.6 Å². The number of ether oxygens (including phenoxy) is 1. The fraction of sp³-hybridized carbons (Fsp3) is 0.583. The first-order valence-corrected chi connectivity index (χ1v) is 6.84. The van der Waals surface area contributed by atoms with E-state index in [0.717, 1.165) is 39.1 Å². The van der Waals surface area contributed by atoms with Crippen LogP contribution in [0.4, 0.5) is 0 Å². The van der Waals surface area contributed by atoms with E-state index in [1.54, 1.807) is 11.3 Å². The summed E-state index contributed by atoms with van der Waals surface area (Å²) in [4.78, 5) is 5.58. The molecule has 0 aliphatic rings. The molecule has 0 aliphatic heterocycles. The molecule has 0 unspecified atom stereocenters. The quantitative estimate of drug-likeness (QED) is 0.313. The van der Waals surface area contributed by atoms with Crippen molar-refractivity contribution in [1.82, 2.24) is 5.32 Å². The predicted molar refractivity (Wildman–Crippen MR) is 89.0 cm³/mol. The highest BCUT2D eigenvalue weighted by atomic mass is 127. The van der Waals surface area contributed by atoms with E-state index in [4.69, 9.17) is 10.5 Å². The van der Waals surface area contributed by atoms with Crippen molar-refractivity contribution < 1.29 is 4.74 Å². The van der Waals surface area contributed by atoms with E-state index in [2.05, 4.69) is 27.8 Å². The Morgan fingerprint density at radius 2 is 2.39 bits per heavy atom. The summed E-state index contributed by atoms with van der Waals surface area (Å²) in [5, 5.41) is 5.19. The monoisotopic (exact) mass is 383 g/mol. The third kappa shape index (κ3) is 8.71. The smallest absolute Gasteiger partial charge is 0.188 e. The molecular weight excluding hydrogens is 361 g/mol. The van der Waals surface area contributed by atoms with Crippen LogP contribution >= 0.6 is 35.3 Å². The van der Waals surface area contributed by atoms with E-state index in [0.29, 0.717) is 5.96 Å². The molecule has 0 saturated carbocycles. The fourth-order valence-electron chi connectivity index (χ4n) is 1.33. The van der Waals surface area contributed by atoms with Gasteiger partial charge in [0.1, 0.15) is 0 Å². The third-order valence-corrected chi connectivity index (χ3v) is 3.13. The molecule has 0 saturated heterocycles. The van der Waals surface area contributed by atoms with Gasteiger partial charge in [0.2, 0.25) is 0 Å². The number of nitrogens with zero attached hydrogens (tertiary/aromatic N) is 1. The van der Waals surface area contributed by atoms with Crippen LogP contribution in [0.15, 0.2) is 22.5 Å². The van der Waals surface area contributed by atoms with Gasteiger partial charge >= 0.3 is 0 Å². The Bertz CT molecular complexity index is 317. The molecule has 0 bridgehead atoms. The Morgan fingerprint density at radius 3 is 3.06 bits per heavy atom. The largest absolute Gasteiger partial charge is 0.382 e. The van der Waals surface area contributed by atoms with Gasteiger partial charge in [-0.25, -0.2) is 0 Å². The number of thiophene rings is 1. The molecular formula is C12H22IN3OS. The van der Waals surface area contributed by atoms with E-state index < -0.39 is 0 Å². The molecule has 3 N–H and O–H groups in total. The highest BCUT2D eigenvalue weighted by Gasteiger charge is 1.94. The van der Waals surface area contributed by atoms with Crippen LogP contribution in [-0.4, -0.2) is 32.3 Å². The van der Waals surface area contributed by atoms with Crippen LogP contribution in [-0.2, 0) is 11.2 Å². The number of nitrogens with two attached hydrogens (primary N) is 1. The van der Waals surface area contributed by atoms with Crippen molar-refractivity contribution in [3.63, 3.8) is 0 Å². The van der Waals surface area contributed by atoms with E-state index in [1.807, 2.05) is 6.92 Å². The standard InChI is InChI=1S/C12H21N3OS.HI/c1-2-16-9-4-7-14-12(13)15-8-6-11-5-3-10-17-11;/h3,5,10H,2,4,6-9H2,1H3,(H3,13,14,15);1H. The third-order valence-electron chi connectivity index (χ3n) is 2.19. The van der Waals surface area contributed by atoms with Gasteiger partial charge < -0.3 is 15.8 Å².